The fourth-order valence-electron chi connectivity index (χ4n) is 0.481. The molecule has 74 valence electrons. The summed E-state index contributed by atoms with van der Waals surface area (Å²) in [6.45, 7) is 5.61. The summed E-state index contributed by atoms with van der Waals surface area (Å²) in [5, 5.41) is 4.99. The molecule has 0 rings (SSSR count). The maximum Gasteiger partial charge on any atom is 0.0598 e. The fourth-order valence-corrected chi connectivity index (χ4v) is 1.88. The first kappa shape index (κ1) is 12.5. The molecule has 0 heterocycles. The molecule has 0 radical (unpaired) electrons. The summed E-state index contributed by atoms with van der Waals surface area (Å²) in [4.78, 5) is 0. The summed E-state index contributed by atoms with van der Waals surface area (Å²) in [7, 11) is 1.88. The number of allylic oxidation sites excluding steroid dienone is 1. The SMILES string of the molecule is C=C(N)/C(C)=C/S/C(=C\NC)SC. The molecule has 0 bridgehead atoms. The Morgan fingerprint density at radius 3 is 2.54 bits per heavy atom. The van der Waals surface area contributed by atoms with Gasteiger partial charge >= 0.3 is 0 Å². The van der Waals surface area contributed by atoms with Crippen molar-refractivity contribution in [2.45, 2.75) is 6.92 Å². The lowest BCUT2D eigenvalue weighted by Gasteiger charge is -2.01. The van der Waals surface area contributed by atoms with Crippen molar-refractivity contribution >= 4 is 23.5 Å². The van der Waals surface area contributed by atoms with Crippen LogP contribution in [0.4, 0.5) is 0 Å². The number of nitrogens with two attached hydrogens (primary N) is 1. The molecule has 0 atom stereocenters. The van der Waals surface area contributed by atoms with Crippen molar-refractivity contribution in [2.24, 2.45) is 5.73 Å². The Kier molecular flexibility index (Phi) is 6.72. The Balaban J connectivity index is 4.19. The Morgan fingerprint density at radius 1 is 1.54 bits per heavy atom. The summed E-state index contributed by atoms with van der Waals surface area (Å²) in [5.74, 6) is 0. The molecule has 0 amide bonds. The predicted octanol–water partition coefficient (Wildman–Crippen LogP) is 2.48. The lowest BCUT2D eigenvalue weighted by atomic mass is 10.3. The minimum absolute atomic E-state index is 0.623. The Morgan fingerprint density at radius 2 is 2.15 bits per heavy atom. The highest BCUT2D eigenvalue weighted by atomic mass is 32.2. The Labute approximate surface area is 88.7 Å². The molecular weight excluding hydrogens is 200 g/mol. The third-order valence-corrected chi connectivity index (χ3v) is 3.45. The summed E-state index contributed by atoms with van der Waals surface area (Å²) >= 11 is 3.34. The lowest BCUT2D eigenvalue weighted by molar-refractivity contribution is 1.11. The number of hydrogen-bond acceptors (Lipinski definition) is 4. The van der Waals surface area contributed by atoms with Gasteiger partial charge in [-0.2, -0.15) is 0 Å². The zero-order chi connectivity index (χ0) is 10.3. The minimum atomic E-state index is 0.623. The highest BCUT2D eigenvalue weighted by Crippen LogP contribution is 2.27. The van der Waals surface area contributed by atoms with Crippen LogP contribution in [0.5, 0.6) is 0 Å². The standard InChI is InChI=1S/C9H16N2S2/c1-7(8(2)10)6-13-9(12-4)5-11-3/h5-6,11H,2,10H2,1,3-4H3/b7-6+,9-5-. The van der Waals surface area contributed by atoms with E-state index in [1.165, 1.54) is 4.24 Å². The van der Waals surface area contributed by atoms with E-state index in [1.807, 2.05) is 31.8 Å². The van der Waals surface area contributed by atoms with Crippen LogP contribution in [0.2, 0.25) is 0 Å². The molecule has 3 N–H and O–H groups in total. The van der Waals surface area contributed by atoms with E-state index in [2.05, 4.69) is 11.9 Å². The van der Waals surface area contributed by atoms with Gasteiger partial charge < -0.3 is 11.1 Å². The van der Waals surface area contributed by atoms with Gasteiger partial charge in [-0.25, -0.2) is 0 Å². The van der Waals surface area contributed by atoms with Gasteiger partial charge in [0.05, 0.1) is 4.24 Å². The van der Waals surface area contributed by atoms with Gasteiger partial charge in [0.1, 0.15) is 0 Å². The number of hydrogen-bond donors (Lipinski definition) is 2. The predicted molar refractivity (Wildman–Crippen MR) is 65.3 cm³/mol. The van der Waals surface area contributed by atoms with Crippen molar-refractivity contribution in [3.05, 3.63) is 33.7 Å². The molecule has 2 nitrogen and oxygen atoms in total. The smallest absolute Gasteiger partial charge is 0.0598 e. The van der Waals surface area contributed by atoms with E-state index < -0.39 is 0 Å². The second kappa shape index (κ2) is 6.97. The van der Waals surface area contributed by atoms with Crippen LogP contribution in [0.1, 0.15) is 6.92 Å². The van der Waals surface area contributed by atoms with Crippen molar-refractivity contribution in [3.63, 3.8) is 0 Å². The molecule has 0 aromatic carbocycles. The van der Waals surface area contributed by atoms with E-state index in [4.69, 9.17) is 5.73 Å². The van der Waals surface area contributed by atoms with E-state index in [9.17, 15) is 0 Å². The Bertz CT molecular complexity index is 232. The zero-order valence-electron chi connectivity index (χ0n) is 8.26. The summed E-state index contributed by atoms with van der Waals surface area (Å²) in [5.41, 5.74) is 7.16. The van der Waals surface area contributed by atoms with Crippen molar-refractivity contribution in [1.82, 2.24) is 5.32 Å². The van der Waals surface area contributed by atoms with Crippen LogP contribution < -0.4 is 11.1 Å². The van der Waals surface area contributed by atoms with E-state index in [0.717, 1.165) is 5.57 Å². The average molecular weight is 216 g/mol. The lowest BCUT2D eigenvalue weighted by Crippen LogP contribution is -1.95. The quantitative estimate of drug-likeness (QED) is 0.692. The van der Waals surface area contributed by atoms with Gasteiger partial charge in [0.15, 0.2) is 0 Å². The largest absolute Gasteiger partial charge is 0.399 e. The first-order valence-electron chi connectivity index (χ1n) is 3.81. The molecule has 0 saturated carbocycles. The molecule has 0 aliphatic heterocycles. The van der Waals surface area contributed by atoms with Crippen LogP contribution in [0.15, 0.2) is 33.7 Å². The van der Waals surface area contributed by atoms with Crippen LogP contribution in [0.3, 0.4) is 0 Å². The second-order valence-electron chi connectivity index (χ2n) is 2.40. The molecule has 0 fully saturated rings. The third-order valence-electron chi connectivity index (χ3n) is 1.32. The molecule has 0 aromatic heterocycles. The number of nitrogens with one attached hydrogen (secondary N) is 1. The minimum Gasteiger partial charge on any atom is -0.399 e. The van der Waals surface area contributed by atoms with E-state index in [0.29, 0.717) is 5.70 Å². The topological polar surface area (TPSA) is 38.0 Å². The molecule has 4 heteroatoms. The fraction of sp³-hybridized carbons (Fsp3) is 0.333. The molecule has 0 aliphatic carbocycles. The van der Waals surface area contributed by atoms with Gasteiger partial charge in [-0.15, -0.1) is 11.8 Å². The first-order chi connectivity index (χ1) is 6.11. The molecule has 0 spiro atoms. The van der Waals surface area contributed by atoms with Crippen molar-refractivity contribution in [1.29, 1.82) is 0 Å². The molecule has 0 aliphatic rings. The summed E-state index contributed by atoms with van der Waals surface area (Å²) in [6, 6.07) is 0. The van der Waals surface area contributed by atoms with Gasteiger partial charge in [-0.3, -0.25) is 0 Å². The number of thioether (sulfide) groups is 2. The highest BCUT2D eigenvalue weighted by Gasteiger charge is 1.94. The van der Waals surface area contributed by atoms with Crippen LogP contribution in [-0.2, 0) is 0 Å². The van der Waals surface area contributed by atoms with Crippen LogP contribution >= 0.6 is 23.5 Å². The van der Waals surface area contributed by atoms with Gasteiger partial charge in [0.2, 0.25) is 0 Å². The number of rotatable bonds is 5. The summed E-state index contributed by atoms with van der Waals surface area (Å²) < 4.78 is 1.20. The first-order valence-corrected chi connectivity index (χ1v) is 5.91. The monoisotopic (exact) mass is 216 g/mol. The molecule has 13 heavy (non-hydrogen) atoms. The van der Waals surface area contributed by atoms with Crippen molar-refractivity contribution in [2.75, 3.05) is 13.3 Å². The normalized spacial score (nSPS) is 12.8. The van der Waals surface area contributed by atoms with E-state index in [1.54, 1.807) is 23.5 Å². The van der Waals surface area contributed by atoms with Crippen LogP contribution in [0, 0.1) is 0 Å². The maximum atomic E-state index is 5.52. The van der Waals surface area contributed by atoms with Gasteiger partial charge in [0, 0.05) is 18.9 Å². The van der Waals surface area contributed by atoms with E-state index >= 15 is 0 Å². The highest BCUT2D eigenvalue weighted by molar-refractivity contribution is 8.23. The van der Waals surface area contributed by atoms with Gasteiger partial charge in [-0.1, -0.05) is 18.3 Å². The van der Waals surface area contributed by atoms with E-state index in [-0.39, 0.29) is 0 Å². The zero-order valence-corrected chi connectivity index (χ0v) is 9.89. The van der Waals surface area contributed by atoms with Crippen LogP contribution in [0.25, 0.3) is 0 Å². The van der Waals surface area contributed by atoms with Crippen molar-refractivity contribution in [3.8, 4) is 0 Å². The summed E-state index contributed by atoms with van der Waals surface area (Å²) in [6.07, 6.45) is 4.00. The Hall–Kier alpha value is -0.480. The second-order valence-corrected chi connectivity index (χ2v) is 4.42. The maximum absolute atomic E-state index is 5.52. The third kappa shape index (κ3) is 5.71. The molecular formula is C9H16N2S2. The average Bonchev–Trinajstić information content (AvgIpc) is 2.11. The molecule has 0 aromatic rings. The van der Waals surface area contributed by atoms with Gasteiger partial charge in [0.25, 0.3) is 0 Å². The van der Waals surface area contributed by atoms with Crippen molar-refractivity contribution < 1.29 is 0 Å². The molecule has 0 unspecified atom stereocenters. The van der Waals surface area contributed by atoms with Crippen LogP contribution in [-0.4, -0.2) is 13.3 Å². The molecule has 0 saturated heterocycles. The van der Waals surface area contributed by atoms with Gasteiger partial charge in [-0.05, 0) is 24.2 Å².